The van der Waals surface area contributed by atoms with Crippen LogP contribution in [0.4, 0.5) is 5.13 Å². The molecule has 1 saturated heterocycles. The molecule has 1 aromatic carbocycles. The first-order valence-electron chi connectivity index (χ1n) is 10.5. The molecule has 0 saturated carbocycles. The van der Waals surface area contributed by atoms with Crippen molar-refractivity contribution in [2.75, 3.05) is 44.7 Å². The molecule has 0 unspecified atom stereocenters. The van der Waals surface area contributed by atoms with Crippen LogP contribution in [-0.4, -0.2) is 50.8 Å². The van der Waals surface area contributed by atoms with Gasteiger partial charge in [0, 0.05) is 44.5 Å². The fourth-order valence-electron chi connectivity index (χ4n) is 3.43. The number of rotatable bonds is 9. The molecule has 1 fully saturated rings. The van der Waals surface area contributed by atoms with E-state index in [0.29, 0.717) is 0 Å². The van der Waals surface area contributed by atoms with E-state index < -0.39 is 0 Å². The number of anilines is 1. The van der Waals surface area contributed by atoms with E-state index in [1.54, 1.807) is 18.4 Å². The average molecular weight is 544 g/mol. The summed E-state index contributed by atoms with van der Waals surface area (Å²) in [6.45, 7) is 8.85. The lowest BCUT2D eigenvalue weighted by atomic mass is 10.1. The molecular formula is C22H34IN5OS. The third kappa shape index (κ3) is 7.30. The minimum absolute atomic E-state index is 0. The van der Waals surface area contributed by atoms with Gasteiger partial charge >= 0.3 is 0 Å². The molecule has 30 heavy (non-hydrogen) atoms. The van der Waals surface area contributed by atoms with Crippen LogP contribution in [0.15, 0.2) is 28.6 Å². The Morgan fingerprint density at radius 3 is 2.77 bits per heavy atom. The number of aliphatic imine (C=N–C) groups is 1. The average Bonchev–Trinajstić information content (AvgIpc) is 3.41. The fourth-order valence-corrected chi connectivity index (χ4v) is 4.35. The Balaban J connectivity index is 0.00000320. The van der Waals surface area contributed by atoms with E-state index in [1.807, 2.05) is 0 Å². The largest absolute Gasteiger partial charge is 0.496 e. The highest BCUT2D eigenvalue weighted by atomic mass is 127. The zero-order valence-electron chi connectivity index (χ0n) is 18.2. The third-order valence-corrected chi connectivity index (χ3v) is 6.03. The van der Waals surface area contributed by atoms with Gasteiger partial charge in [-0.3, -0.25) is 4.99 Å². The first-order valence-corrected chi connectivity index (χ1v) is 11.4. The van der Waals surface area contributed by atoms with E-state index in [0.717, 1.165) is 68.5 Å². The van der Waals surface area contributed by atoms with E-state index in [2.05, 4.69) is 53.0 Å². The fraction of sp³-hybridized carbons (Fsp3) is 0.545. The molecule has 1 aliphatic rings. The molecule has 0 bridgehead atoms. The van der Waals surface area contributed by atoms with Gasteiger partial charge in [0.1, 0.15) is 5.75 Å². The Labute approximate surface area is 201 Å². The molecule has 6 nitrogen and oxygen atoms in total. The molecule has 166 valence electrons. The Bertz CT molecular complexity index is 805. The predicted octanol–water partition coefficient (Wildman–Crippen LogP) is 4.02. The number of guanidine groups is 1. The number of aryl methyl sites for hydroxylation is 1. The van der Waals surface area contributed by atoms with Crippen molar-refractivity contribution in [3.8, 4) is 5.75 Å². The Kier molecular flexibility index (Phi) is 10.7. The van der Waals surface area contributed by atoms with Crippen LogP contribution in [0.3, 0.4) is 0 Å². The molecule has 0 amide bonds. The number of benzene rings is 1. The van der Waals surface area contributed by atoms with Crippen molar-refractivity contribution in [2.24, 2.45) is 4.99 Å². The first-order chi connectivity index (χ1) is 14.2. The zero-order chi connectivity index (χ0) is 20.5. The van der Waals surface area contributed by atoms with Crippen molar-refractivity contribution in [3.05, 3.63) is 40.4 Å². The van der Waals surface area contributed by atoms with Crippen LogP contribution in [-0.2, 0) is 12.8 Å². The van der Waals surface area contributed by atoms with Gasteiger partial charge < -0.3 is 20.3 Å². The van der Waals surface area contributed by atoms with E-state index in [1.165, 1.54) is 23.5 Å². The quantitative estimate of drug-likeness (QED) is 0.284. The number of hydrogen-bond donors (Lipinski definition) is 2. The number of methoxy groups -OCH3 is 1. The predicted molar refractivity (Wildman–Crippen MR) is 138 cm³/mol. The highest BCUT2D eigenvalue weighted by Gasteiger charge is 2.15. The van der Waals surface area contributed by atoms with Gasteiger partial charge in [0.2, 0.25) is 0 Å². The van der Waals surface area contributed by atoms with Crippen molar-refractivity contribution in [2.45, 2.75) is 39.5 Å². The lowest BCUT2D eigenvalue weighted by Gasteiger charge is -2.12. The second-order valence-corrected chi connectivity index (χ2v) is 8.14. The molecular weight excluding hydrogens is 509 g/mol. The third-order valence-electron chi connectivity index (χ3n) is 5.08. The van der Waals surface area contributed by atoms with Crippen molar-refractivity contribution in [1.82, 2.24) is 15.6 Å². The summed E-state index contributed by atoms with van der Waals surface area (Å²) in [5.74, 6) is 1.81. The lowest BCUT2D eigenvalue weighted by Crippen LogP contribution is -2.38. The Morgan fingerprint density at radius 1 is 1.23 bits per heavy atom. The molecule has 3 rings (SSSR count). The van der Waals surface area contributed by atoms with Crippen LogP contribution < -0.4 is 20.3 Å². The molecule has 0 aliphatic carbocycles. The monoisotopic (exact) mass is 543 g/mol. The molecule has 0 spiro atoms. The smallest absolute Gasteiger partial charge is 0.191 e. The molecule has 0 radical (unpaired) electrons. The summed E-state index contributed by atoms with van der Waals surface area (Å²) in [5.41, 5.74) is 3.56. The normalized spacial score (nSPS) is 13.8. The number of nitrogens with zero attached hydrogens (tertiary/aromatic N) is 3. The molecule has 8 heteroatoms. The van der Waals surface area contributed by atoms with Crippen molar-refractivity contribution in [1.29, 1.82) is 0 Å². The molecule has 1 aliphatic heterocycles. The highest BCUT2D eigenvalue weighted by Crippen LogP contribution is 2.24. The summed E-state index contributed by atoms with van der Waals surface area (Å²) in [6.07, 6.45) is 4.36. The zero-order valence-corrected chi connectivity index (χ0v) is 21.4. The molecule has 1 aromatic heterocycles. The van der Waals surface area contributed by atoms with Gasteiger partial charge in [-0.1, -0.05) is 12.1 Å². The van der Waals surface area contributed by atoms with Crippen LogP contribution in [0.5, 0.6) is 5.75 Å². The second kappa shape index (κ2) is 13.0. The van der Waals surface area contributed by atoms with E-state index in [-0.39, 0.29) is 24.0 Å². The lowest BCUT2D eigenvalue weighted by molar-refractivity contribution is 0.411. The summed E-state index contributed by atoms with van der Waals surface area (Å²) in [7, 11) is 1.72. The maximum absolute atomic E-state index is 5.42. The van der Waals surface area contributed by atoms with Gasteiger partial charge in [-0.05, 0) is 50.3 Å². The first kappa shape index (κ1) is 24.7. The van der Waals surface area contributed by atoms with E-state index in [9.17, 15) is 0 Å². The summed E-state index contributed by atoms with van der Waals surface area (Å²) in [4.78, 5) is 11.9. The molecule has 2 N–H and O–H groups in total. The summed E-state index contributed by atoms with van der Waals surface area (Å²) in [6, 6.07) is 6.38. The standard InChI is InChI=1S/C22H33N5OS.HI/c1-4-23-21(24-11-9-18-8-7-17(2)20(15-18)28-3)25-12-10-19-16-29-22(26-19)27-13-5-6-14-27;/h7-8,15-16H,4-6,9-14H2,1-3H3,(H2,23,24,25);1H. The summed E-state index contributed by atoms with van der Waals surface area (Å²) < 4.78 is 5.42. The summed E-state index contributed by atoms with van der Waals surface area (Å²) in [5, 5.41) is 10.1. The van der Waals surface area contributed by atoms with E-state index in [4.69, 9.17) is 14.7 Å². The number of nitrogens with one attached hydrogen (secondary N) is 2. The van der Waals surface area contributed by atoms with Crippen LogP contribution >= 0.6 is 35.3 Å². The van der Waals surface area contributed by atoms with Gasteiger partial charge in [0.15, 0.2) is 11.1 Å². The van der Waals surface area contributed by atoms with Crippen LogP contribution in [0, 0.1) is 6.92 Å². The molecule has 2 aromatic rings. The van der Waals surface area contributed by atoms with Crippen molar-refractivity contribution < 1.29 is 4.74 Å². The number of hydrogen-bond acceptors (Lipinski definition) is 5. The minimum atomic E-state index is 0. The van der Waals surface area contributed by atoms with Crippen LogP contribution in [0.2, 0.25) is 0 Å². The molecule has 0 atom stereocenters. The van der Waals surface area contributed by atoms with Gasteiger partial charge in [0.05, 0.1) is 12.8 Å². The minimum Gasteiger partial charge on any atom is -0.496 e. The van der Waals surface area contributed by atoms with Gasteiger partial charge in [-0.2, -0.15) is 0 Å². The van der Waals surface area contributed by atoms with Gasteiger partial charge in [-0.15, -0.1) is 35.3 Å². The van der Waals surface area contributed by atoms with Gasteiger partial charge in [0.25, 0.3) is 0 Å². The maximum Gasteiger partial charge on any atom is 0.191 e. The van der Waals surface area contributed by atoms with Gasteiger partial charge in [-0.25, -0.2) is 4.98 Å². The number of thiazole rings is 1. The SMILES string of the molecule is CCNC(=NCCc1csc(N2CCCC2)n1)NCCc1ccc(C)c(OC)c1.I. The summed E-state index contributed by atoms with van der Waals surface area (Å²) >= 11 is 1.76. The number of aromatic nitrogens is 1. The van der Waals surface area contributed by atoms with E-state index >= 15 is 0 Å². The highest BCUT2D eigenvalue weighted by molar-refractivity contribution is 14.0. The maximum atomic E-state index is 5.42. The Hall–Kier alpha value is -1.55. The second-order valence-electron chi connectivity index (χ2n) is 7.31. The Morgan fingerprint density at radius 2 is 2.03 bits per heavy atom. The number of ether oxygens (including phenoxy) is 1. The van der Waals surface area contributed by atoms with Crippen LogP contribution in [0.25, 0.3) is 0 Å². The number of halogens is 1. The van der Waals surface area contributed by atoms with Crippen molar-refractivity contribution in [3.63, 3.8) is 0 Å². The topological polar surface area (TPSA) is 61.8 Å². The van der Waals surface area contributed by atoms with Crippen molar-refractivity contribution >= 4 is 46.4 Å². The van der Waals surface area contributed by atoms with Crippen LogP contribution in [0.1, 0.15) is 36.6 Å². The molecule has 2 heterocycles.